The van der Waals surface area contributed by atoms with Crippen molar-refractivity contribution in [3.63, 3.8) is 0 Å². The van der Waals surface area contributed by atoms with Gasteiger partial charge in [-0.05, 0) is 0 Å². The fourth-order valence-corrected chi connectivity index (χ4v) is 1.48. The second-order valence-corrected chi connectivity index (χ2v) is 3.14. The van der Waals surface area contributed by atoms with Crippen LogP contribution in [0.15, 0.2) is 35.4 Å². The SMILES string of the molecule is O=C1C=[13C](Cl)C(=O)c2ccccc21. The fraction of sp³-hybridized carbons (Fsp3) is 0. The molecule has 0 aliphatic heterocycles. The quantitative estimate of drug-likeness (QED) is 0.592. The van der Waals surface area contributed by atoms with Gasteiger partial charge < -0.3 is 0 Å². The first-order valence-electron chi connectivity index (χ1n) is 3.75. The summed E-state index contributed by atoms with van der Waals surface area (Å²) in [5, 5.41) is -0.0105. The maximum absolute atomic E-state index is 11.4. The van der Waals surface area contributed by atoms with Gasteiger partial charge in [0.25, 0.3) is 0 Å². The van der Waals surface area contributed by atoms with Crippen LogP contribution in [0.4, 0.5) is 0 Å². The van der Waals surface area contributed by atoms with E-state index in [1.807, 2.05) is 0 Å². The van der Waals surface area contributed by atoms with Gasteiger partial charge >= 0.3 is 0 Å². The number of hydrogen-bond donors (Lipinski definition) is 0. The van der Waals surface area contributed by atoms with Crippen molar-refractivity contribution in [2.24, 2.45) is 0 Å². The number of hydrogen-bond acceptors (Lipinski definition) is 2. The monoisotopic (exact) mass is 193 g/mol. The van der Waals surface area contributed by atoms with Crippen molar-refractivity contribution in [3.8, 4) is 0 Å². The predicted octanol–water partition coefficient (Wildman–Crippen LogP) is 2.19. The van der Waals surface area contributed by atoms with Crippen LogP contribution >= 0.6 is 11.6 Å². The molecule has 0 saturated carbocycles. The molecule has 0 fully saturated rings. The second-order valence-electron chi connectivity index (χ2n) is 2.73. The van der Waals surface area contributed by atoms with E-state index in [0.717, 1.165) is 6.08 Å². The Morgan fingerprint density at radius 2 is 1.62 bits per heavy atom. The molecule has 0 unspecified atom stereocenters. The van der Waals surface area contributed by atoms with Crippen LogP contribution in [0.25, 0.3) is 0 Å². The predicted molar refractivity (Wildman–Crippen MR) is 49.0 cm³/mol. The Kier molecular flexibility index (Phi) is 1.78. The summed E-state index contributed by atoms with van der Waals surface area (Å²) in [5.41, 5.74) is 0.817. The van der Waals surface area contributed by atoms with Crippen molar-refractivity contribution in [3.05, 3.63) is 46.5 Å². The molecule has 2 nitrogen and oxygen atoms in total. The molecule has 0 amide bonds. The number of carbonyl (C=O) groups is 2. The van der Waals surface area contributed by atoms with Crippen LogP contribution < -0.4 is 0 Å². The summed E-state index contributed by atoms with van der Waals surface area (Å²) in [7, 11) is 0. The van der Waals surface area contributed by atoms with Crippen molar-refractivity contribution < 1.29 is 9.59 Å². The number of fused-ring (bicyclic) bond motifs is 1. The van der Waals surface area contributed by atoms with E-state index >= 15 is 0 Å². The third kappa shape index (κ3) is 1.19. The first-order valence-corrected chi connectivity index (χ1v) is 4.13. The number of halogens is 1. The van der Waals surface area contributed by atoms with E-state index in [4.69, 9.17) is 11.6 Å². The highest BCUT2D eigenvalue weighted by molar-refractivity contribution is 6.48. The molecule has 0 aromatic heterocycles. The molecule has 1 aliphatic carbocycles. The summed E-state index contributed by atoms with van der Waals surface area (Å²) in [6.07, 6.45) is 1.16. The van der Waals surface area contributed by atoms with Gasteiger partial charge in [-0.25, -0.2) is 0 Å². The fourth-order valence-electron chi connectivity index (χ4n) is 1.28. The molecule has 0 heterocycles. The Hall–Kier alpha value is -1.41. The van der Waals surface area contributed by atoms with Gasteiger partial charge in [0.2, 0.25) is 5.78 Å². The highest BCUT2D eigenvalue weighted by Gasteiger charge is 2.23. The number of Topliss-reactive ketones (excluding diaryl/α,β-unsaturated/α-hetero) is 1. The summed E-state index contributed by atoms with van der Waals surface area (Å²) in [6.45, 7) is 0. The molecule has 0 atom stereocenters. The Labute approximate surface area is 79.8 Å². The van der Waals surface area contributed by atoms with E-state index in [9.17, 15) is 9.59 Å². The van der Waals surface area contributed by atoms with Crippen LogP contribution in [0.5, 0.6) is 0 Å². The van der Waals surface area contributed by atoms with E-state index in [1.54, 1.807) is 24.3 Å². The molecule has 1 aliphatic rings. The topological polar surface area (TPSA) is 34.1 Å². The van der Waals surface area contributed by atoms with Gasteiger partial charge in [-0.2, -0.15) is 0 Å². The molecular weight excluding hydrogens is 189 g/mol. The van der Waals surface area contributed by atoms with Gasteiger partial charge in [-0.1, -0.05) is 35.9 Å². The maximum atomic E-state index is 11.4. The van der Waals surface area contributed by atoms with Crippen molar-refractivity contribution in [2.45, 2.75) is 0 Å². The van der Waals surface area contributed by atoms with E-state index < -0.39 is 0 Å². The van der Waals surface area contributed by atoms with Gasteiger partial charge in [-0.15, -0.1) is 0 Å². The van der Waals surface area contributed by atoms with Crippen LogP contribution in [0.1, 0.15) is 20.7 Å². The molecule has 2 rings (SSSR count). The van der Waals surface area contributed by atoms with Crippen molar-refractivity contribution in [1.82, 2.24) is 0 Å². The van der Waals surface area contributed by atoms with Crippen LogP contribution in [-0.2, 0) is 0 Å². The summed E-state index contributed by atoms with van der Waals surface area (Å²) in [4.78, 5) is 22.7. The Bertz CT molecular complexity index is 432. The van der Waals surface area contributed by atoms with E-state index in [2.05, 4.69) is 0 Å². The molecular formula is C10H5ClO2. The summed E-state index contributed by atoms with van der Waals surface area (Å²) in [5.74, 6) is -0.489. The number of allylic oxidation sites excluding steroid dienone is 2. The van der Waals surface area contributed by atoms with Crippen LogP contribution in [0, 0.1) is 0 Å². The zero-order valence-electron chi connectivity index (χ0n) is 6.58. The lowest BCUT2D eigenvalue weighted by Crippen LogP contribution is -2.13. The number of carbonyl (C=O) groups excluding carboxylic acids is 2. The largest absolute Gasteiger partial charge is 0.289 e. The summed E-state index contributed by atoms with van der Waals surface area (Å²) in [6, 6.07) is 6.65. The normalized spacial score (nSPS) is 15.3. The lowest BCUT2D eigenvalue weighted by Gasteiger charge is -2.09. The summed E-state index contributed by atoms with van der Waals surface area (Å²) >= 11 is 5.58. The standard InChI is InChI=1S/C10H5ClO2/c11-8-5-9(12)6-3-1-2-4-7(6)10(8)13/h1-5H/i8+1. The number of benzene rings is 1. The highest BCUT2D eigenvalue weighted by atomic mass is 35.5. The molecule has 0 radical (unpaired) electrons. The molecule has 3 heteroatoms. The second kappa shape index (κ2) is 2.82. The zero-order chi connectivity index (χ0) is 9.42. The number of rotatable bonds is 0. The molecule has 0 bridgehead atoms. The minimum atomic E-state index is -0.281. The molecule has 13 heavy (non-hydrogen) atoms. The highest BCUT2D eigenvalue weighted by Crippen LogP contribution is 2.22. The minimum Gasteiger partial charge on any atom is -0.289 e. The van der Waals surface area contributed by atoms with Crippen LogP contribution in [0.2, 0.25) is 0 Å². The van der Waals surface area contributed by atoms with E-state index in [-0.39, 0.29) is 16.6 Å². The third-order valence-electron chi connectivity index (χ3n) is 1.91. The average Bonchev–Trinajstić information content (AvgIpc) is 2.15. The molecule has 0 N–H and O–H groups in total. The third-order valence-corrected chi connectivity index (χ3v) is 2.19. The minimum absolute atomic E-state index is 0.0105. The summed E-state index contributed by atoms with van der Waals surface area (Å²) < 4.78 is 0. The van der Waals surface area contributed by atoms with Gasteiger partial charge in [0.15, 0.2) is 5.78 Å². The Morgan fingerprint density at radius 3 is 2.31 bits per heavy atom. The van der Waals surface area contributed by atoms with Crippen molar-refractivity contribution in [1.29, 1.82) is 0 Å². The van der Waals surface area contributed by atoms with Crippen molar-refractivity contribution in [2.75, 3.05) is 0 Å². The van der Waals surface area contributed by atoms with Crippen LogP contribution in [-0.4, -0.2) is 11.6 Å². The lowest BCUT2D eigenvalue weighted by molar-refractivity contribution is 0.0990. The van der Waals surface area contributed by atoms with Gasteiger partial charge in [0.05, 0.1) is 5.03 Å². The Balaban J connectivity index is 2.69. The molecule has 64 valence electrons. The van der Waals surface area contributed by atoms with E-state index in [0.29, 0.717) is 11.1 Å². The van der Waals surface area contributed by atoms with Gasteiger partial charge in [-0.3, -0.25) is 9.59 Å². The average molecular weight is 194 g/mol. The van der Waals surface area contributed by atoms with Gasteiger partial charge in [0, 0.05) is 17.2 Å². The Morgan fingerprint density at radius 1 is 1.00 bits per heavy atom. The smallest absolute Gasteiger partial charge is 0.205 e. The van der Waals surface area contributed by atoms with Crippen LogP contribution in [0.3, 0.4) is 0 Å². The zero-order valence-corrected chi connectivity index (χ0v) is 7.34. The molecule has 1 aromatic carbocycles. The number of ketones is 2. The maximum Gasteiger partial charge on any atom is 0.205 e. The van der Waals surface area contributed by atoms with Gasteiger partial charge in [0.1, 0.15) is 0 Å². The first-order chi connectivity index (χ1) is 6.20. The molecule has 1 aromatic rings. The van der Waals surface area contributed by atoms with E-state index in [1.165, 1.54) is 0 Å². The van der Waals surface area contributed by atoms with Crippen molar-refractivity contribution >= 4 is 23.2 Å². The lowest BCUT2D eigenvalue weighted by atomic mass is 10.00. The first kappa shape index (κ1) is 8.20. The molecule has 0 saturated heterocycles. The molecule has 0 spiro atoms.